The minimum Gasteiger partial charge on any atom is -0.385 e. The van der Waals surface area contributed by atoms with Crippen LogP contribution in [0.2, 0.25) is 0 Å². The zero-order valence-corrected chi connectivity index (χ0v) is 16.6. The van der Waals surface area contributed by atoms with Crippen molar-refractivity contribution < 1.29 is 26.9 Å². The van der Waals surface area contributed by atoms with E-state index in [1.54, 1.807) is 0 Å². The van der Waals surface area contributed by atoms with Crippen molar-refractivity contribution in [2.75, 3.05) is 25.4 Å². The molecule has 158 valence electrons. The van der Waals surface area contributed by atoms with Gasteiger partial charge in [0, 0.05) is 23.7 Å². The molecule has 0 spiro atoms. The Hall–Kier alpha value is -1.77. The van der Waals surface area contributed by atoms with Crippen LogP contribution in [-0.2, 0) is 22.6 Å². The van der Waals surface area contributed by atoms with E-state index in [4.69, 9.17) is 0 Å². The minimum atomic E-state index is -4.44. The fourth-order valence-electron chi connectivity index (χ4n) is 3.54. The Balaban J connectivity index is 1.50. The smallest absolute Gasteiger partial charge is 0.385 e. The Bertz CT molecular complexity index is 847. The van der Waals surface area contributed by atoms with Crippen LogP contribution in [0.5, 0.6) is 0 Å². The van der Waals surface area contributed by atoms with Crippen molar-refractivity contribution >= 4 is 10.8 Å². The summed E-state index contributed by atoms with van der Waals surface area (Å²) in [6.45, 7) is 1.79. The lowest BCUT2D eigenvalue weighted by molar-refractivity contribution is -0.137. The quantitative estimate of drug-likeness (QED) is 0.695. The van der Waals surface area contributed by atoms with E-state index in [-0.39, 0.29) is 5.82 Å². The second kappa shape index (κ2) is 8.93. The molecule has 0 saturated carbocycles. The number of halogens is 4. The fourth-order valence-corrected chi connectivity index (χ4v) is 4.61. The molecule has 1 fully saturated rings. The summed E-state index contributed by atoms with van der Waals surface area (Å²) in [4.78, 5) is 2.70. The second-order valence-electron chi connectivity index (χ2n) is 7.31. The summed E-state index contributed by atoms with van der Waals surface area (Å²) < 4.78 is 64.0. The molecule has 0 amide bonds. The van der Waals surface area contributed by atoms with E-state index in [0.717, 1.165) is 12.1 Å². The topological polar surface area (TPSA) is 40.5 Å². The number of likely N-dealkylation sites (tertiary alicyclic amines) is 1. The lowest BCUT2D eigenvalue weighted by Crippen LogP contribution is -2.43. The van der Waals surface area contributed by atoms with Crippen LogP contribution in [0.25, 0.3) is 0 Å². The van der Waals surface area contributed by atoms with Gasteiger partial charge in [0.05, 0.1) is 22.0 Å². The van der Waals surface area contributed by atoms with Crippen LogP contribution >= 0.6 is 0 Å². The second-order valence-corrected chi connectivity index (χ2v) is 8.88. The highest BCUT2D eigenvalue weighted by molar-refractivity contribution is 7.85. The average molecular weight is 429 g/mol. The molecular weight excluding hydrogens is 406 g/mol. The number of nitrogens with zero attached hydrogens (tertiary/aromatic N) is 1. The summed E-state index contributed by atoms with van der Waals surface area (Å²) in [5.41, 5.74) is -1.73. The van der Waals surface area contributed by atoms with Crippen LogP contribution in [0.15, 0.2) is 53.4 Å². The minimum absolute atomic E-state index is 0.296. The summed E-state index contributed by atoms with van der Waals surface area (Å²) in [5.74, 6) is 0.0763. The standard InChI is InChI=1S/C21H23F4NO2S/c22-18-5-7-19(8-6-18)29(28)14-2-11-26-12-9-20(27,10-13-26)16-3-1-4-17(15-16)21(23,24)25/h1,3-8,15,27H,2,9-14H2. The predicted octanol–water partition coefficient (Wildman–Crippen LogP) is 4.33. The maximum absolute atomic E-state index is 12.9. The lowest BCUT2D eigenvalue weighted by Gasteiger charge is -2.38. The van der Waals surface area contributed by atoms with Gasteiger partial charge in [0.2, 0.25) is 0 Å². The van der Waals surface area contributed by atoms with Gasteiger partial charge in [-0.3, -0.25) is 4.21 Å². The van der Waals surface area contributed by atoms with Crippen LogP contribution in [-0.4, -0.2) is 39.6 Å². The van der Waals surface area contributed by atoms with Gasteiger partial charge >= 0.3 is 6.18 Å². The van der Waals surface area contributed by atoms with Gasteiger partial charge in [-0.25, -0.2) is 4.39 Å². The maximum Gasteiger partial charge on any atom is 0.416 e. The Morgan fingerprint density at radius 3 is 2.34 bits per heavy atom. The molecule has 1 atom stereocenters. The molecule has 1 heterocycles. The predicted molar refractivity (Wildman–Crippen MR) is 103 cm³/mol. The summed E-state index contributed by atoms with van der Waals surface area (Å²) in [6.07, 6.45) is -3.08. The molecule has 0 bridgehead atoms. The summed E-state index contributed by atoms with van der Waals surface area (Å²) in [7, 11) is -1.20. The highest BCUT2D eigenvalue weighted by Crippen LogP contribution is 2.36. The van der Waals surface area contributed by atoms with Crippen molar-refractivity contribution in [2.45, 2.75) is 35.9 Å². The van der Waals surface area contributed by atoms with Crippen LogP contribution in [0.1, 0.15) is 30.4 Å². The molecule has 29 heavy (non-hydrogen) atoms. The van der Waals surface area contributed by atoms with Crippen LogP contribution < -0.4 is 0 Å². The third kappa shape index (κ3) is 5.65. The van der Waals surface area contributed by atoms with E-state index in [1.807, 2.05) is 0 Å². The van der Waals surface area contributed by atoms with Crippen molar-refractivity contribution in [3.63, 3.8) is 0 Å². The van der Waals surface area contributed by atoms with Gasteiger partial charge in [0.15, 0.2) is 0 Å². The van der Waals surface area contributed by atoms with Gasteiger partial charge in [-0.1, -0.05) is 12.1 Å². The third-order valence-electron chi connectivity index (χ3n) is 5.29. The first kappa shape index (κ1) is 21.9. The molecular formula is C21H23F4NO2S. The van der Waals surface area contributed by atoms with Gasteiger partial charge in [-0.05, 0) is 67.8 Å². The maximum atomic E-state index is 12.9. The van der Waals surface area contributed by atoms with Crippen molar-refractivity contribution in [1.82, 2.24) is 4.90 Å². The molecule has 1 aliphatic rings. The molecule has 0 aromatic heterocycles. The number of rotatable bonds is 6. The lowest BCUT2D eigenvalue weighted by atomic mass is 9.83. The summed E-state index contributed by atoms with van der Waals surface area (Å²) in [5, 5.41) is 10.9. The molecule has 0 radical (unpaired) electrons. The van der Waals surface area contributed by atoms with Crippen molar-refractivity contribution in [3.05, 3.63) is 65.5 Å². The molecule has 2 aromatic carbocycles. The molecule has 2 aromatic rings. The Morgan fingerprint density at radius 1 is 1.07 bits per heavy atom. The van der Waals surface area contributed by atoms with Crippen LogP contribution in [0, 0.1) is 5.82 Å². The SMILES string of the molecule is O=S(CCCN1CCC(O)(c2cccc(C(F)(F)F)c2)CC1)c1ccc(F)cc1. The average Bonchev–Trinajstić information content (AvgIpc) is 2.69. The molecule has 1 N–H and O–H groups in total. The van der Waals surface area contributed by atoms with E-state index in [2.05, 4.69) is 4.90 Å². The van der Waals surface area contributed by atoms with Gasteiger partial charge in [0.1, 0.15) is 5.82 Å². The first-order valence-electron chi connectivity index (χ1n) is 9.44. The normalized spacial score (nSPS) is 18.5. The Kier molecular flexibility index (Phi) is 6.76. The first-order valence-corrected chi connectivity index (χ1v) is 10.8. The van der Waals surface area contributed by atoms with Gasteiger partial charge < -0.3 is 10.0 Å². The van der Waals surface area contributed by atoms with Crippen molar-refractivity contribution in [2.24, 2.45) is 0 Å². The van der Waals surface area contributed by atoms with Crippen molar-refractivity contribution in [1.29, 1.82) is 0 Å². The Labute approximate surface area is 169 Å². The third-order valence-corrected chi connectivity index (χ3v) is 6.75. The molecule has 1 saturated heterocycles. The molecule has 3 nitrogen and oxygen atoms in total. The highest BCUT2D eigenvalue weighted by atomic mass is 32.2. The molecule has 1 aliphatic heterocycles. The Morgan fingerprint density at radius 2 is 1.72 bits per heavy atom. The number of alkyl halides is 3. The first-order chi connectivity index (χ1) is 13.7. The van der Waals surface area contributed by atoms with Crippen LogP contribution in [0.3, 0.4) is 0 Å². The summed E-state index contributed by atoms with van der Waals surface area (Å²) in [6, 6.07) is 10.5. The van der Waals surface area contributed by atoms with Crippen molar-refractivity contribution in [3.8, 4) is 0 Å². The molecule has 3 rings (SSSR count). The summed E-state index contributed by atoms with van der Waals surface area (Å²) >= 11 is 0. The van der Waals surface area contributed by atoms with E-state index in [9.17, 15) is 26.9 Å². The number of piperidine rings is 1. The monoisotopic (exact) mass is 429 g/mol. The highest BCUT2D eigenvalue weighted by Gasteiger charge is 2.36. The van der Waals surface area contributed by atoms with E-state index >= 15 is 0 Å². The zero-order valence-electron chi connectivity index (χ0n) is 15.8. The molecule has 1 unspecified atom stereocenters. The van der Waals surface area contributed by atoms with E-state index < -0.39 is 28.1 Å². The molecule has 0 aliphatic carbocycles. The number of benzene rings is 2. The largest absolute Gasteiger partial charge is 0.416 e. The van der Waals surface area contributed by atoms with Gasteiger partial charge in [-0.15, -0.1) is 0 Å². The van der Waals surface area contributed by atoms with E-state index in [0.29, 0.717) is 55.1 Å². The fraction of sp³-hybridized carbons (Fsp3) is 0.429. The number of hydrogen-bond acceptors (Lipinski definition) is 3. The zero-order chi connectivity index (χ0) is 21.1. The number of hydrogen-bond donors (Lipinski definition) is 1. The van der Waals surface area contributed by atoms with Gasteiger partial charge in [-0.2, -0.15) is 13.2 Å². The van der Waals surface area contributed by atoms with E-state index in [1.165, 1.54) is 36.4 Å². The van der Waals surface area contributed by atoms with Gasteiger partial charge in [0.25, 0.3) is 0 Å². The number of aliphatic hydroxyl groups is 1. The molecule has 8 heteroatoms. The van der Waals surface area contributed by atoms with Crippen LogP contribution in [0.4, 0.5) is 17.6 Å².